The molecule has 0 radical (unpaired) electrons. The number of aromatic nitrogens is 1. The number of hydrogen-bond acceptors (Lipinski definition) is 3. The zero-order chi connectivity index (χ0) is 10.0. The Balaban J connectivity index is 2.12. The van der Waals surface area contributed by atoms with Crippen molar-refractivity contribution in [2.45, 2.75) is 31.8 Å². The summed E-state index contributed by atoms with van der Waals surface area (Å²) in [5.41, 5.74) is 0.548. The highest BCUT2D eigenvalue weighted by Crippen LogP contribution is 2.35. The van der Waals surface area contributed by atoms with Gasteiger partial charge in [-0.25, -0.2) is 4.98 Å². The highest BCUT2D eigenvalue weighted by Gasteiger charge is 2.34. The van der Waals surface area contributed by atoms with Crippen molar-refractivity contribution in [2.75, 3.05) is 0 Å². The molecule has 0 N–H and O–H groups in total. The summed E-state index contributed by atoms with van der Waals surface area (Å²) in [7, 11) is 0. The molecule has 3 heteroatoms. The Morgan fingerprint density at radius 1 is 1.57 bits per heavy atom. The molecule has 1 aromatic rings. The van der Waals surface area contributed by atoms with Crippen LogP contribution in [0.25, 0.3) is 0 Å². The highest BCUT2D eigenvalue weighted by molar-refractivity contribution is 5.74. The number of nitrogens with zero attached hydrogens (tertiary/aromatic N) is 1. The summed E-state index contributed by atoms with van der Waals surface area (Å²) in [5.74, 6) is 0.553. The number of ether oxygens (including phenoxy) is 1. The first kappa shape index (κ1) is 9.19. The molecular formula is C11H13NO2. The van der Waals surface area contributed by atoms with Crippen LogP contribution in [0, 0.1) is 0 Å². The SMILES string of the molecule is CC1(Oc2cc(C=O)ccn2)CCC1. The van der Waals surface area contributed by atoms with Crippen LogP contribution in [-0.2, 0) is 0 Å². The molecule has 74 valence electrons. The van der Waals surface area contributed by atoms with Crippen molar-refractivity contribution < 1.29 is 9.53 Å². The normalized spacial score (nSPS) is 18.4. The number of aldehydes is 1. The van der Waals surface area contributed by atoms with Gasteiger partial charge in [0.05, 0.1) is 0 Å². The van der Waals surface area contributed by atoms with Gasteiger partial charge in [0.2, 0.25) is 5.88 Å². The number of pyridine rings is 1. The van der Waals surface area contributed by atoms with Crippen LogP contribution in [0.3, 0.4) is 0 Å². The summed E-state index contributed by atoms with van der Waals surface area (Å²) in [6, 6.07) is 3.35. The first-order chi connectivity index (χ1) is 6.72. The minimum atomic E-state index is -0.0610. The Bertz CT molecular complexity index is 345. The predicted molar refractivity (Wildman–Crippen MR) is 52.5 cm³/mol. The van der Waals surface area contributed by atoms with Gasteiger partial charge in [-0.15, -0.1) is 0 Å². The van der Waals surface area contributed by atoms with Gasteiger partial charge in [-0.05, 0) is 32.3 Å². The van der Waals surface area contributed by atoms with Crippen molar-refractivity contribution >= 4 is 6.29 Å². The molecular weight excluding hydrogens is 178 g/mol. The van der Waals surface area contributed by atoms with E-state index in [1.807, 2.05) is 0 Å². The summed E-state index contributed by atoms with van der Waals surface area (Å²) >= 11 is 0. The van der Waals surface area contributed by atoms with Crippen LogP contribution < -0.4 is 4.74 Å². The smallest absolute Gasteiger partial charge is 0.214 e. The molecule has 1 aliphatic carbocycles. The van der Waals surface area contributed by atoms with Gasteiger partial charge in [0.25, 0.3) is 0 Å². The lowest BCUT2D eigenvalue weighted by Crippen LogP contribution is -2.39. The molecule has 1 fully saturated rings. The van der Waals surface area contributed by atoms with E-state index in [1.165, 1.54) is 6.42 Å². The van der Waals surface area contributed by atoms with Gasteiger partial charge in [0.1, 0.15) is 11.9 Å². The van der Waals surface area contributed by atoms with Crippen molar-refractivity contribution in [1.82, 2.24) is 4.98 Å². The zero-order valence-electron chi connectivity index (χ0n) is 8.19. The van der Waals surface area contributed by atoms with Gasteiger partial charge in [-0.2, -0.15) is 0 Å². The van der Waals surface area contributed by atoms with Crippen LogP contribution in [0.5, 0.6) is 5.88 Å². The lowest BCUT2D eigenvalue weighted by atomic mass is 9.82. The third-order valence-electron chi connectivity index (χ3n) is 2.66. The lowest BCUT2D eigenvalue weighted by Gasteiger charge is -2.37. The second-order valence-electron chi connectivity index (χ2n) is 3.95. The summed E-state index contributed by atoms with van der Waals surface area (Å²) in [6.45, 7) is 2.08. The number of carbonyl (C=O) groups is 1. The van der Waals surface area contributed by atoms with E-state index in [0.29, 0.717) is 11.4 Å². The minimum absolute atomic E-state index is 0.0610. The van der Waals surface area contributed by atoms with Crippen molar-refractivity contribution in [2.24, 2.45) is 0 Å². The van der Waals surface area contributed by atoms with E-state index < -0.39 is 0 Å². The average molecular weight is 191 g/mol. The third kappa shape index (κ3) is 1.76. The van der Waals surface area contributed by atoms with Gasteiger partial charge in [-0.3, -0.25) is 4.79 Å². The van der Waals surface area contributed by atoms with Crippen LogP contribution in [-0.4, -0.2) is 16.9 Å². The largest absolute Gasteiger partial charge is 0.471 e. The number of rotatable bonds is 3. The average Bonchev–Trinajstić information content (AvgIpc) is 2.16. The molecule has 1 aliphatic rings. The van der Waals surface area contributed by atoms with E-state index in [-0.39, 0.29) is 5.60 Å². The molecule has 0 aliphatic heterocycles. The van der Waals surface area contributed by atoms with E-state index >= 15 is 0 Å². The molecule has 0 aromatic carbocycles. The second kappa shape index (κ2) is 3.40. The van der Waals surface area contributed by atoms with E-state index in [4.69, 9.17) is 4.74 Å². The van der Waals surface area contributed by atoms with E-state index in [2.05, 4.69) is 11.9 Å². The Morgan fingerprint density at radius 2 is 2.36 bits per heavy atom. The Hall–Kier alpha value is -1.38. The van der Waals surface area contributed by atoms with Crippen LogP contribution in [0.1, 0.15) is 36.5 Å². The molecule has 0 amide bonds. The maximum atomic E-state index is 10.5. The van der Waals surface area contributed by atoms with Crippen LogP contribution >= 0.6 is 0 Å². The van der Waals surface area contributed by atoms with Crippen molar-refractivity contribution in [3.8, 4) is 5.88 Å². The summed E-state index contributed by atoms with van der Waals surface area (Å²) in [6.07, 6.45) is 5.75. The molecule has 2 rings (SSSR count). The van der Waals surface area contributed by atoms with Crippen molar-refractivity contribution in [3.05, 3.63) is 23.9 Å². The molecule has 0 atom stereocenters. The molecule has 0 spiro atoms. The quantitative estimate of drug-likeness (QED) is 0.687. The maximum Gasteiger partial charge on any atom is 0.214 e. The first-order valence-electron chi connectivity index (χ1n) is 4.82. The van der Waals surface area contributed by atoms with E-state index in [9.17, 15) is 4.79 Å². The van der Waals surface area contributed by atoms with Gasteiger partial charge in [-0.1, -0.05) is 0 Å². The third-order valence-corrected chi connectivity index (χ3v) is 2.66. The molecule has 1 saturated carbocycles. The maximum absolute atomic E-state index is 10.5. The molecule has 1 aromatic heterocycles. The second-order valence-corrected chi connectivity index (χ2v) is 3.95. The van der Waals surface area contributed by atoms with E-state index in [1.54, 1.807) is 18.3 Å². The van der Waals surface area contributed by atoms with Crippen LogP contribution in [0.15, 0.2) is 18.3 Å². The molecule has 14 heavy (non-hydrogen) atoms. The first-order valence-corrected chi connectivity index (χ1v) is 4.82. The van der Waals surface area contributed by atoms with Gasteiger partial charge in [0.15, 0.2) is 0 Å². The lowest BCUT2D eigenvalue weighted by molar-refractivity contribution is 0.00717. The minimum Gasteiger partial charge on any atom is -0.471 e. The summed E-state index contributed by atoms with van der Waals surface area (Å²) < 4.78 is 5.71. The standard InChI is InChI=1S/C11H13NO2/c1-11(4-2-5-11)14-10-7-9(8-13)3-6-12-10/h3,6-8H,2,4-5H2,1H3. The molecule has 3 nitrogen and oxygen atoms in total. The van der Waals surface area contributed by atoms with Crippen molar-refractivity contribution in [3.63, 3.8) is 0 Å². The Morgan fingerprint density at radius 3 is 2.93 bits per heavy atom. The Kier molecular flexibility index (Phi) is 2.23. The summed E-state index contributed by atoms with van der Waals surface area (Å²) in [4.78, 5) is 14.6. The fourth-order valence-electron chi connectivity index (χ4n) is 1.58. The molecule has 0 bridgehead atoms. The van der Waals surface area contributed by atoms with Gasteiger partial charge >= 0.3 is 0 Å². The van der Waals surface area contributed by atoms with Crippen LogP contribution in [0.4, 0.5) is 0 Å². The topological polar surface area (TPSA) is 39.2 Å². The fourth-order valence-corrected chi connectivity index (χ4v) is 1.58. The van der Waals surface area contributed by atoms with Gasteiger partial charge < -0.3 is 4.74 Å². The Labute approximate surface area is 83.1 Å². The molecule has 0 saturated heterocycles. The molecule has 1 heterocycles. The zero-order valence-corrected chi connectivity index (χ0v) is 8.19. The van der Waals surface area contributed by atoms with E-state index in [0.717, 1.165) is 19.1 Å². The van der Waals surface area contributed by atoms with Gasteiger partial charge in [0, 0.05) is 17.8 Å². The number of carbonyl (C=O) groups excluding carboxylic acids is 1. The predicted octanol–water partition coefficient (Wildman–Crippen LogP) is 2.22. The molecule has 0 unspecified atom stereocenters. The van der Waals surface area contributed by atoms with Crippen molar-refractivity contribution in [1.29, 1.82) is 0 Å². The van der Waals surface area contributed by atoms with Crippen LogP contribution in [0.2, 0.25) is 0 Å². The summed E-state index contributed by atoms with van der Waals surface area (Å²) in [5, 5.41) is 0. The number of hydrogen-bond donors (Lipinski definition) is 0. The monoisotopic (exact) mass is 191 g/mol. The fraction of sp³-hybridized carbons (Fsp3) is 0.455. The highest BCUT2D eigenvalue weighted by atomic mass is 16.5.